The number of hydrogen-bond acceptors (Lipinski definition) is 5. The van der Waals surface area contributed by atoms with Crippen LogP contribution in [0.1, 0.15) is 39.9 Å². The fraction of sp³-hybridized carbons (Fsp3) is 0.462. The van der Waals surface area contributed by atoms with Crippen molar-refractivity contribution in [1.82, 2.24) is 20.3 Å². The highest BCUT2D eigenvalue weighted by Gasteiger charge is 2.12. The van der Waals surface area contributed by atoms with Crippen LogP contribution in [0.4, 0.5) is 0 Å². The van der Waals surface area contributed by atoms with E-state index in [1.54, 1.807) is 17.5 Å². The number of rotatable bonds is 4. The monoisotopic (exact) mass is 262 g/mol. The zero-order valence-corrected chi connectivity index (χ0v) is 12.0. The minimum absolute atomic E-state index is 0.291. The van der Waals surface area contributed by atoms with E-state index in [1.807, 2.05) is 20.0 Å². The molecular weight excluding hydrogens is 244 g/mol. The third kappa shape index (κ3) is 3.11. The topological polar surface area (TPSA) is 50.7 Å². The summed E-state index contributed by atoms with van der Waals surface area (Å²) in [6, 6.07) is 0.291. The van der Waals surface area contributed by atoms with Gasteiger partial charge in [0, 0.05) is 29.9 Å². The second-order valence-electron chi connectivity index (χ2n) is 4.43. The molecule has 0 saturated heterocycles. The van der Waals surface area contributed by atoms with E-state index in [9.17, 15) is 0 Å². The summed E-state index contributed by atoms with van der Waals surface area (Å²) in [4.78, 5) is 14.3. The van der Waals surface area contributed by atoms with E-state index in [4.69, 9.17) is 0 Å². The first-order valence-electron chi connectivity index (χ1n) is 6.01. The summed E-state index contributed by atoms with van der Waals surface area (Å²) >= 11 is 1.75. The van der Waals surface area contributed by atoms with Gasteiger partial charge in [0.25, 0.3) is 0 Å². The minimum atomic E-state index is 0.291. The molecule has 5 heteroatoms. The summed E-state index contributed by atoms with van der Waals surface area (Å²) < 4.78 is 0. The van der Waals surface area contributed by atoms with E-state index in [0.717, 1.165) is 28.6 Å². The molecule has 2 rings (SSSR count). The predicted molar refractivity (Wildman–Crippen MR) is 73.6 cm³/mol. The molecule has 0 radical (unpaired) electrons. The van der Waals surface area contributed by atoms with Gasteiger partial charge in [0.05, 0.1) is 22.1 Å². The van der Waals surface area contributed by atoms with Crippen LogP contribution in [0.3, 0.4) is 0 Å². The average Bonchev–Trinajstić information content (AvgIpc) is 2.67. The van der Waals surface area contributed by atoms with Gasteiger partial charge in [0.15, 0.2) is 0 Å². The fourth-order valence-corrected chi connectivity index (χ4v) is 2.76. The van der Waals surface area contributed by atoms with Crippen molar-refractivity contribution in [2.45, 2.75) is 40.3 Å². The standard InChI is InChI=1S/C13H18N4S/c1-8-5-16-12(6-14-8)7-15-9(2)13-10(3)17-11(4)18-13/h5-6,9,15H,7H2,1-4H3. The number of aryl methyl sites for hydroxylation is 3. The Morgan fingerprint density at radius 2 is 2.00 bits per heavy atom. The van der Waals surface area contributed by atoms with Gasteiger partial charge in [-0.3, -0.25) is 9.97 Å². The summed E-state index contributed by atoms with van der Waals surface area (Å²) in [5, 5.41) is 4.57. The summed E-state index contributed by atoms with van der Waals surface area (Å²) in [6.45, 7) is 8.92. The highest BCUT2D eigenvalue weighted by molar-refractivity contribution is 7.11. The number of thiazole rings is 1. The number of hydrogen-bond donors (Lipinski definition) is 1. The first-order valence-corrected chi connectivity index (χ1v) is 6.82. The molecule has 0 amide bonds. The summed E-state index contributed by atoms with van der Waals surface area (Å²) in [6.07, 6.45) is 3.61. The zero-order chi connectivity index (χ0) is 13.1. The maximum Gasteiger partial charge on any atom is 0.0900 e. The van der Waals surface area contributed by atoms with Crippen LogP contribution in [0.15, 0.2) is 12.4 Å². The predicted octanol–water partition coefficient (Wildman–Crippen LogP) is 2.71. The van der Waals surface area contributed by atoms with E-state index in [0.29, 0.717) is 6.04 Å². The molecule has 0 aliphatic rings. The lowest BCUT2D eigenvalue weighted by Crippen LogP contribution is -2.18. The van der Waals surface area contributed by atoms with E-state index in [2.05, 4.69) is 34.1 Å². The molecule has 0 saturated carbocycles. The fourth-order valence-electron chi connectivity index (χ4n) is 1.81. The molecule has 2 aromatic rings. The van der Waals surface area contributed by atoms with Crippen LogP contribution in [0.25, 0.3) is 0 Å². The summed E-state index contributed by atoms with van der Waals surface area (Å²) in [7, 11) is 0. The lowest BCUT2D eigenvalue weighted by Gasteiger charge is -2.12. The molecule has 0 spiro atoms. The van der Waals surface area contributed by atoms with Crippen molar-refractivity contribution in [1.29, 1.82) is 0 Å². The van der Waals surface area contributed by atoms with Crippen LogP contribution in [-0.4, -0.2) is 15.0 Å². The van der Waals surface area contributed by atoms with Crippen molar-refractivity contribution in [3.8, 4) is 0 Å². The van der Waals surface area contributed by atoms with Crippen LogP contribution >= 0.6 is 11.3 Å². The largest absolute Gasteiger partial charge is 0.304 e. The van der Waals surface area contributed by atoms with Crippen LogP contribution < -0.4 is 5.32 Å². The summed E-state index contributed by atoms with van der Waals surface area (Å²) in [5.74, 6) is 0. The van der Waals surface area contributed by atoms with Crippen molar-refractivity contribution in [3.63, 3.8) is 0 Å². The Labute approximate surface area is 112 Å². The number of aromatic nitrogens is 3. The highest BCUT2D eigenvalue weighted by Crippen LogP contribution is 2.24. The third-order valence-electron chi connectivity index (χ3n) is 2.76. The van der Waals surface area contributed by atoms with Gasteiger partial charge < -0.3 is 5.32 Å². The molecule has 2 heterocycles. The Morgan fingerprint density at radius 1 is 1.22 bits per heavy atom. The third-order valence-corrected chi connectivity index (χ3v) is 4.01. The van der Waals surface area contributed by atoms with E-state index in [-0.39, 0.29) is 0 Å². The first-order chi connectivity index (χ1) is 8.56. The minimum Gasteiger partial charge on any atom is -0.304 e. The van der Waals surface area contributed by atoms with Crippen LogP contribution in [0, 0.1) is 20.8 Å². The van der Waals surface area contributed by atoms with E-state index < -0.39 is 0 Å². The van der Waals surface area contributed by atoms with Gasteiger partial charge in [-0.25, -0.2) is 4.98 Å². The molecule has 0 bridgehead atoms. The smallest absolute Gasteiger partial charge is 0.0900 e. The maximum absolute atomic E-state index is 4.45. The lowest BCUT2D eigenvalue weighted by atomic mass is 10.2. The molecule has 0 aliphatic carbocycles. The lowest BCUT2D eigenvalue weighted by molar-refractivity contribution is 0.571. The van der Waals surface area contributed by atoms with Gasteiger partial charge in [-0.1, -0.05) is 0 Å². The van der Waals surface area contributed by atoms with Gasteiger partial charge in [-0.15, -0.1) is 11.3 Å². The molecule has 1 atom stereocenters. The van der Waals surface area contributed by atoms with E-state index >= 15 is 0 Å². The highest BCUT2D eigenvalue weighted by atomic mass is 32.1. The second kappa shape index (κ2) is 5.54. The molecule has 4 nitrogen and oxygen atoms in total. The molecule has 18 heavy (non-hydrogen) atoms. The van der Waals surface area contributed by atoms with Gasteiger partial charge in [-0.05, 0) is 27.7 Å². The van der Waals surface area contributed by atoms with Crippen molar-refractivity contribution in [3.05, 3.63) is 39.4 Å². The molecule has 96 valence electrons. The van der Waals surface area contributed by atoms with Crippen LogP contribution in [0.5, 0.6) is 0 Å². The second-order valence-corrected chi connectivity index (χ2v) is 5.67. The molecule has 1 unspecified atom stereocenters. The van der Waals surface area contributed by atoms with Crippen molar-refractivity contribution in [2.24, 2.45) is 0 Å². The summed E-state index contributed by atoms with van der Waals surface area (Å²) in [5.41, 5.74) is 3.03. The van der Waals surface area contributed by atoms with Crippen LogP contribution in [0.2, 0.25) is 0 Å². The van der Waals surface area contributed by atoms with Gasteiger partial charge >= 0.3 is 0 Å². The Bertz CT molecular complexity index is 518. The van der Waals surface area contributed by atoms with Gasteiger partial charge in [-0.2, -0.15) is 0 Å². The van der Waals surface area contributed by atoms with Crippen molar-refractivity contribution < 1.29 is 0 Å². The Kier molecular flexibility index (Phi) is 4.04. The SMILES string of the molecule is Cc1cnc(CNC(C)c2sc(C)nc2C)cn1. The Balaban J connectivity index is 1.98. The molecule has 0 fully saturated rings. The molecular formula is C13H18N4S. The first kappa shape index (κ1) is 13.1. The van der Waals surface area contributed by atoms with Crippen molar-refractivity contribution in [2.75, 3.05) is 0 Å². The van der Waals surface area contributed by atoms with Gasteiger partial charge in [0.2, 0.25) is 0 Å². The normalized spacial score (nSPS) is 12.7. The number of nitrogens with zero attached hydrogens (tertiary/aromatic N) is 3. The van der Waals surface area contributed by atoms with E-state index in [1.165, 1.54) is 4.88 Å². The zero-order valence-electron chi connectivity index (χ0n) is 11.2. The molecule has 0 aromatic carbocycles. The quantitative estimate of drug-likeness (QED) is 0.920. The van der Waals surface area contributed by atoms with Gasteiger partial charge in [0.1, 0.15) is 0 Å². The van der Waals surface area contributed by atoms with Crippen LogP contribution in [-0.2, 0) is 6.54 Å². The number of nitrogens with one attached hydrogen (secondary N) is 1. The Morgan fingerprint density at radius 3 is 2.56 bits per heavy atom. The molecule has 0 aliphatic heterocycles. The van der Waals surface area contributed by atoms with Crippen molar-refractivity contribution >= 4 is 11.3 Å². The Hall–Kier alpha value is -1.33. The molecule has 1 N–H and O–H groups in total. The maximum atomic E-state index is 4.45. The molecule has 2 aromatic heterocycles. The average molecular weight is 262 g/mol.